The molecule has 2 rings (SSSR count). The lowest BCUT2D eigenvalue weighted by Gasteiger charge is -2.28. The van der Waals surface area contributed by atoms with Gasteiger partial charge in [-0.15, -0.1) is 10.2 Å². The van der Waals surface area contributed by atoms with E-state index in [0.717, 1.165) is 11.0 Å². The molecule has 1 unspecified atom stereocenters. The van der Waals surface area contributed by atoms with Crippen LogP contribution in [0.25, 0.3) is 0 Å². The van der Waals surface area contributed by atoms with Crippen LogP contribution in [0, 0.1) is 0 Å². The first-order valence-corrected chi connectivity index (χ1v) is 6.40. The third kappa shape index (κ3) is 3.28. The standard InChI is InChI=1S/C11H18F3N5O/c1-20-8(6-15)2-3-18-4-5-19-9(7-18)16-17-10(19)11(12,13)14/h8H,2-7,15H2,1H3. The molecule has 1 aromatic heterocycles. The van der Waals surface area contributed by atoms with Crippen LogP contribution in [-0.4, -0.2) is 52.5 Å². The summed E-state index contributed by atoms with van der Waals surface area (Å²) in [6.07, 6.45) is -3.73. The summed E-state index contributed by atoms with van der Waals surface area (Å²) in [6, 6.07) is 0. The summed E-state index contributed by atoms with van der Waals surface area (Å²) in [5, 5.41) is 6.88. The van der Waals surface area contributed by atoms with Gasteiger partial charge in [0, 0.05) is 33.3 Å². The van der Waals surface area contributed by atoms with E-state index in [4.69, 9.17) is 10.5 Å². The zero-order valence-corrected chi connectivity index (χ0v) is 11.2. The van der Waals surface area contributed by atoms with Crippen LogP contribution in [0.15, 0.2) is 0 Å². The minimum atomic E-state index is -4.45. The van der Waals surface area contributed by atoms with Gasteiger partial charge in [-0.3, -0.25) is 4.90 Å². The molecule has 0 fully saturated rings. The molecule has 1 aromatic rings. The first-order chi connectivity index (χ1) is 9.45. The average molecular weight is 293 g/mol. The maximum Gasteiger partial charge on any atom is 0.451 e. The van der Waals surface area contributed by atoms with Crippen molar-refractivity contribution in [2.45, 2.75) is 31.8 Å². The van der Waals surface area contributed by atoms with Gasteiger partial charge in [-0.25, -0.2) is 0 Å². The summed E-state index contributed by atoms with van der Waals surface area (Å²) in [4.78, 5) is 2.03. The van der Waals surface area contributed by atoms with E-state index in [2.05, 4.69) is 10.2 Å². The van der Waals surface area contributed by atoms with Gasteiger partial charge in [0.25, 0.3) is 0 Å². The molecule has 2 heterocycles. The molecule has 1 aliphatic rings. The first kappa shape index (κ1) is 15.2. The summed E-state index contributed by atoms with van der Waals surface area (Å²) in [6.45, 7) is 2.29. The molecule has 0 bridgehead atoms. The molecule has 0 saturated heterocycles. The molecule has 0 amide bonds. The smallest absolute Gasteiger partial charge is 0.380 e. The van der Waals surface area contributed by atoms with Crippen LogP contribution in [0.4, 0.5) is 13.2 Å². The fourth-order valence-corrected chi connectivity index (χ4v) is 2.27. The van der Waals surface area contributed by atoms with Gasteiger partial charge in [0.1, 0.15) is 5.82 Å². The quantitative estimate of drug-likeness (QED) is 0.855. The van der Waals surface area contributed by atoms with Crippen molar-refractivity contribution in [3.8, 4) is 0 Å². The van der Waals surface area contributed by atoms with Crippen LogP contribution in [-0.2, 0) is 24.0 Å². The number of nitrogens with two attached hydrogens (primary N) is 1. The number of methoxy groups -OCH3 is 1. The zero-order chi connectivity index (χ0) is 14.8. The largest absolute Gasteiger partial charge is 0.451 e. The Morgan fingerprint density at radius 3 is 2.70 bits per heavy atom. The molecular formula is C11H18F3N5O. The van der Waals surface area contributed by atoms with Crippen molar-refractivity contribution in [1.82, 2.24) is 19.7 Å². The number of halogens is 3. The number of fused-ring (bicyclic) bond motifs is 1. The number of aromatic nitrogens is 3. The Morgan fingerprint density at radius 2 is 2.10 bits per heavy atom. The summed E-state index contributed by atoms with van der Waals surface area (Å²) in [7, 11) is 1.60. The SMILES string of the molecule is COC(CN)CCN1CCn2c(nnc2C(F)(F)F)C1. The maximum atomic E-state index is 12.7. The van der Waals surface area contributed by atoms with Crippen LogP contribution in [0.3, 0.4) is 0 Å². The summed E-state index contributed by atoms with van der Waals surface area (Å²) >= 11 is 0. The monoisotopic (exact) mass is 293 g/mol. The molecule has 9 heteroatoms. The molecule has 0 spiro atoms. The second-order valence-electron chi connectivity index (χ2n) is 4.75. The highest BCUT2D eigenvalue weighted by atomic mass is 19.4. The molecule has 114 valence electrons. The Kier molecular flexibility index (Phi) is 4.61. The molecule has 1 atom stereocenters. The first-order valence-electron chi connectivity index (χ1n) is 6.40. The van der Waals surface area contributed by atoms with Gasteiger partial charge in [0.15, 0.2) is 0 Å². The molecule has 6 nitrogen and oxygen atoms in total. The van der Waals surface area contributed by atoms with Gasteiger partial charge >= 0.3 is 6.18 Å². The Bertz CT molecular complexity index is 444. The second kappa shape index (κ2) is 6.06. The van der Waals surface area contributed by atoms with E-state index < -0.39 is 12.0 Å². The van der Waals surface area contributed by atoms with Crippen LogP contribution in [0.1, 0.15) is 18.1 Å². The van der Waals surface area contributed by atoms with E-state index in [0.29, 0.717) is 32.0 Å². The molecular weight excluding hydrogens is 275 g/mol. The van der Waals surface area contributed by atoms with Crippen molar-refractivity contribution in [3.05, 3.63) is 11.6 Å². The van der Waals surface area contributed by atoms with Crippen LogP contribution < -0.4 is 5.73 Å². The van der Waals surface area contributed by atoms with E-state index in [9.17, 15) is 13.2 Å². The van der Waals surface area contributed by atoms with Gasteiger partial charge in [-0.1, -0.05) is 0 Å². The van der Waals surface area contributed by atoms with Gasteiger partial charge in [-0.05, 0) is 6.42 Å². The van der Waals surface area contributed by atoms with Crippen molar-refractivity contribution < 1.29 is 17.9 Å². The Balaban J connectivity index is 1.97. The predicted octanol–water partition coefficient (Wildman–Crippen LogP) is 0.476. The fraction of sp³-hybridized carbons (Fsp3) is 0.818. The van der Waals surface area contributed by atoms with Crippen LogP contribution in [0.2, 0.25) is 0 Å². The van der Waals surface area contributed by atoms with E-state index >= 15 is 0 Å². The lowest BCUT2D eigenvalue weighted by Crippen LogP contribution is -2.37. The summed E-state index contributed by atoms with van der Waals surface area (Å²) in [5.41, 5.74) is 5.53. The molecule has 2 N–H and O–H groups in total. The molecule has 0 radical (unpaired) electrons. The number of nitrogens with zero attached hydrogens (tertiary/aromatic N) is 4. The van der Waals surface area contributed by atoms with E-state index in [-0.39, 0.29) is 12.6 Å². The topological polar surface area (TPSA) is 69.2 Å². The highest BCUT2D eigenvalue weighted by Gasteiger charge is 2.39. The summed E-state index contributed by atoms with van der Waals surface area (Å²) in [5.74, 6) is -0.561. The molecule has 20 heavy (non-hydrogen) atoms. The number of alkyl halides is 3. The third-order valence-electron chi connectivity index (χ3n) is 3.45. The average Bonchev–Trinajstić information content (AvgIpc) is 2.82. The summed E-state index contributed by atoms with van der Waals surface area (Å²) < 4.78 is 44.4. The van der Waals surface area contributed by atoms with E-state index in [1.807, 2.05) is 4.90 Å². The third-order valence-corrected chi connectivity index (χ3v) is 3.45. The van der Waals surface area contributed by atoms with Crippen molar-refractivity contribution >= 4 is 0 Å². The Hall–Kier alpha value is -1.19. The number of hydrogen-bond acceptors (Lipinski definition) is 5. The van der Waals surface area contributed by atoms with Crippen molar-refractivity contribution in [2.24, 2.45) is 5.73 Å². The molecule has 0 aliphatic carbocycles. The highest BCUT2D eigenvalue weighted by molar-refractivity contribution is 5.02. The number of ether oxygens (including phenoxy) is 1. The van der Waals surface area contributed by atoms with Gasteiger partial charge in [-0.2, -0.15) is 13.2 Å². The zero-order valence-electron chi connectivity index (χ0n) is 11.2. The van der Waals surface area contributed by atoms with Gasteiger partial charge < -0.3 is 15.0 Å². The highest BCUT2D eigenvalue weighted by Crippen LogP contribution is 2.29. The molecule has 0 aromatic carbocycles. The fourth-order valence-electron chi connectivity index (χ4n) is 2.27. The number of rotatable bonds is 5. The second-order valence-corrected chi connectivity index (χ2v) is 4.75. The Labute approximate surface area is 114 Å². The lowest BCUT2D eigenvalue weighted by molar-refractivity contribution is -0.148. The van der Waals surface area contributed by atoms with E-state index in [1.165, 1.54) is 0 Å². The number of hydrogen-bond donors (Lipinski definition) is 1. The predicted molar refractivity (Wildman–Crippen MR) is 64.8 cm³/mol. The normalized spacial score (nSPS) is 18.1. The van der Waals surface area contributed by atoms with Crippen LogP contribution in [0.5, 0.6) is 0 Å². The van der Waals surface area contributed by atoms with Gasteiger partial charge in [0.2, 0.25) is 5.82 Å². The van der Waals surface area contributed by atoms with Crippen molar-refractivity contribution in [3.63, 3.8) is 0 Å². The lowest BCUT2D eigenvalue weighted by atomic mass is 10.2. The van der Waals surface area contributed by atoms with Crippen LogP contribution >= 0.6 is 0 Å². The van der Waals surface area contributed by atoms with Gasteiger partial charge in [0.05, 0.1) is 12.6 Å². The van der Waals surface area contributed by atoms with E-state index in [1.54, 1.807) is 7.11 Å². The minimum Gasteiger partial charge on any atom is -0.380 e. The Morgan fingerprint density at radius 1 is 1.35 bits per heavy atom. The molecule has 0 saturated carbocycles. The molecule has 1 aliphatic heterocycles. The maximum absolute atomic E-state index is 12.7. The minimum absolute atomic E-state index is 0.0273. The van der Waals surface area contributed by atoms with Crippen molar-refractivity contribution in [1.29, 1.82) is 0 Å². The van der Waals surface area contributed by atoms with Crippen molar-refractivity contribution in [2.75, 3.05) is 26.7 Å².